The van der Waals surface area contributed by atoms with Crippen molar-refractivity contribution in [2.24, 2.45) is 0 Å². The normalized spacial score (nSPS) is 14.9. The predicted molar refractivity (Wildman–Crippen MR) is 61.7 cm³/mol. The first-order chi connectivity index (χ1) is 7.08. The number of likely N-dealkylation sites (N-methyl/N-ethyl adjacent to an activating group) is 2. The molecule has 0 rings (SSSR count). The summed E-state index contributed by atoms with van der Waals surface area (Å²) in [5, 5.41) is 12.3. The summed E-state index contributed by atoms with van der Waals surface area (Å²) in [6.45, 7) is 9.77. The van der Waals surface area contributed by atoms with Crippen molar-refractivity contribution >= 4 is 0 Å². The Morgan fingerprint density at radius 3 is 2.60 bits per heavy atom. The molecule has 0 saturated heterocycles. The van der Waals surface area contributed by atoms with Crippen molar-refractivity contribution in [2.75, 3.05) is 39.9 Å². The van der Waals surface area contributed by atoms with Crippen LogP contribution in [0.2, 0.25) is 0 Å². The summed E-state index contributed by atoms with van der Waals surface area (Å²) in [5.74, 6) is 0. The Balaban J connectivity index is 3.91. The van der Waals surface area contributed by atoms with Crippen LogP contribution in [0.1, 0.15) is 20.8 Å². The Labute approximate surface area is 93.2 Å². The van der Waals surface area contributed by atoms with E-state index in [9.17, 15) is 0 Å². The summed E-state index contributed by atoms with van der Waals surface area (Å²) in [7, 11) is 2.01. The molecule has 88 valence electrons. The first-order valence-corrected chi connectivity index (χ1v) is 5.50. The van der Waals surface area contributed by atoms with Crippen molar-refractivity contribution in [2.45, 2.75) is 26.3 Å². The van der Waals surface area contributed by atoms with Crippen molar-refractivity contribution in [3.05, 3.63) is 0 Å². The molecule has 0 saturated carbocycles. The molecule has 0 spiro atoms. The molecule has 15 heavy (non-hydrogen) atoms. The second-order valence-corrected chi connectivity index (χ2v) is 3.91. The Kier molecular flexibility index (Phi) is 7.31. The van der Waals surface area contributed by atoms with Gasteiger partial charge in [-0.25, -0.2) is 0 Å². The maximum atomic E-state index is 9.07. The van der Waals surface area contributed by atoms with Gasteiger partial charge in [-0.1, -0.05) is 6.92 Å². The molecule has 1 unspecified atom stereocenters. The van der Waals surface area contributed by atoms with E-state index >= 15 is 0 Å². The van der Waals surface area contributed by atoms with Gasteiger partial charge in [-0.05, 0) is 27.4 Å². The highest BCUT2D eigenvalue weighted by Crippen LogP contribution is 2.03. The Morgan fingerprint density at radius 1 is 1.47 bits per heavy atom. The van der Waals surface area contributed by atoms with Crippen LogP contribution in [0.4, 0.5) is 0 Å². The molecule has 4 nitrogen and oxygen atoms in total. The molecule has 0 bridgehead atoms. The van der Waals surface area contributed by atoms with E-state index in [4.69, 9.17) is 10.00 Å². The van der Waals surface area contributed by atoms with Crippen LogP contribution in [0.15, 0.2) is 0 Å². The monoisotopic (exact) mass is 213 g/mol. The molecule has 0 fully saturated rings. The molecule has 0 heterocycles. The Hall–Kier alpha value is -0.630. The number of ether oxygens (including phenoxy) is 1. The Morgan fingerprint density at radius 2 is 2.13 bits per heavy atom. The van der Waals surface area contributed by atoms with Gasteiger partial charge in [0.25, 0.3) is 0 Å². The number of nitrogens with zero attached hydrogens (tertiary/aromatic N) is 2. The zero-order valence-electron chi connectivity index (χ0n) is 10.3. The van der Waals surface area contributed by atoms with Gasteiger partial charge in [0, 0.05) is 19.7 Å². The second kappa shape index (κ2) is 7.63. The van der Waals surface area contributed by atoms with E-state index in [2.05, 4.69) is 16.3 Å². The third kappa shape index (κ3) is 6.45. The Bertz CT molecular complexity index is 202. The summed E-state index contributed by atoms with van der Waals surface area (Å²) in [6, 6.07) is 2.31. The van der Waals surface area contributed by atoms with Gasteiger partial charge in [-0.15, -0.1) is 0 Å². The molecule has 0 aromatic carbocycles. The number of hydrogen-bond donors (Lipinski definition) is 1. The van der Waals surface area contributed by atoms with Crippen LogP contribution in [0.3, 0.4) is 0 Å². The van der Waals surface area contributed by atoms with Crippen LogP contribution >= 0.6 is 0 Å². The topological polar surface area (TPSA) is 48.3 Å². The highest BCUT2D eigenvalue weighted by Gasteiger charge is 2.23. The summed E-state index contributed by atoms with van der Waals surface area (Å²) in [4.78, 5) is 2.11. The van der Waals surface area contributed by atoms with Crippen LogP contribution in [0, 0.1) is 11.3 Å². The number of nitrogens with one attached hydrogen (secondary N) is 1. The lowest BCUT2D eigenvalue weighted by atomic mass is 10.0. The average Bonchev–Trinajstić information content (AvgIpc) is 2.18. The summed E-state index contributed by atoms with van der Waals surface area (Å²) < 4.78 is 5.27. The smallest absolute Gasteiger partial charge is 0.116 e. The fourth-order valence-electron chi connectivity index (χ4n) is 1.50. The standard InChI is InChI=1S/C11H23N3O/c1-5-13-11(3,9-12)10-14(4)7-8-15-6-2/h13H,5-8,10H2,1-4H3. The molecule has 4 heteroatoms. The largest absolute Gasteiger partial charge is 0.380 e. The lowest BCUT2D eigenvalue weighted by Gasteiger charge is -2.28. The molecular weight excluding hydrogens is 190 g/mol. The molecule has 0 aliphatic rings. The summed E-state index contributed by atoms with van der Waals surface area (Å²) >= 11 is 0. The minimum Gasteiger partial charge on any atom is -0.380 e. The molecule has 0 aliphatic carbocycles. The van der Waals surface area contributed by atoms with E-state index in [1.165, 1.54) is 0 Å². The van der Waals surface area contributed by atoms with Gasteiger partial charge in [0.15, 0.2) is 0 Å². The third-order valence-electron chi connectivity index (χ3n) is 2.22. The number of hydrogen-bond acceptors (Lipinski definition) is 4. The highest BCUT2D eigenvalue weighted by atomic mass is 16.5. The van der Waals surface area contributed by atoms with E-state index in [1.807, 2.05) is 27.8 Å². The van der Waals surface area contributed by atoms with Crippen molar-refractivity contribution in [1.82, 2.24) is 10.2 Å². The zero-order valence-corrected chi connectivity index (χ0v) is 10.3. The zero-order chi connectivity index (χ0) is 11.7. The van der Waals surface area contributed by atoms with Gasteiger partial charge in [-0.2, -0.15) is 5.26 Å². The molecule has 1 N–H and O–H groups in total. The molecule has 0 radical (unpaired) electrons. The molecule has 0 aromatic rings. The van der Waals surface area contributed by atoms with Crippen LogP contribution < -0.4 is 5.32 Å². The van der Waals surface area contributed by atoms with Gasteiger partial charge >= 0.3 is 0 Å². The molecular formula is C11H23N3O. The van der Waals surface area contributed by atoms with E-state index in [-0.39, 0.29) is 0 Å². The van der Waals surface area contributed by atoms with E-state index < -0.39 is 5.54 Å². The van der Waals surface area contributed by atoms with Gasteiger partial charge in [0.1, 0.15) is 5.54 Å². The quantitative estimate of drug-likeness (QED) is 0.607. The van der Waals surface area contributed by atoms with Crippen molar-refractivity contribution < 1.29 is 4.74 Å². The van der Waals surface area contributed by atoms with Gasteiger partial charge in [-0.3, -0.25) is 5.32 Å². The van der Waals surface area contributed by atoms with Crippen molar-refractivity contribution in [1.29, 1.82) is 5.26 Å². The van der Waals surface area contributed by atoms with Gasteiger partial charge in [0.2, 0.25) is 0 Å². The first-order valence-electron chi connectivity index (χ1n) is 5.50. The molecule has 0 aliphatic heterocycles. The van der Waals surface area contributed by atoms with Gasteiger partial charge in [0.05, 0.1) is 12.7 Å². The number of rotatable bonds is 8. The fourth-order valence-corrected chi connectivity index (χ4v) is 1.50. The summed E-state index contributed by atoms with van der Waals surface area (Å²) in [6.07, 6.45) is 0. The van der Waals surface area contributed by atoms with E-state index in [0.29, 0.717) is 6.54 Å². The molecule has 0 aromatic heterocycles. The lowest BCUT2D eigenvalue weighted by molar-refractivity contribution is 0.116. The van der Waals surface area contributed by atoms with Crippen LogP contribution in [-0.2, 0) is 4.74 Å². The first kappa shape index (κ1) is 14.4. The minimum absolute atomic E-state index is 0.463. The van der Waals surface area contributed by atoms with E-state index in [1.54, 1.807) is 0 Å². The van der Waals surface area contributed by atoms with Crippen molar-refractivity contribution in [3.63, 3.8) is 0 Å². The molecule has 1 atom stereocenters. The maximum absolute atomic E-state index is 9.07. The van der Waals surface area contributed by atoms with Crippen LogP contribution in [0.5, 0.6) is 0 Å². The predicted octanol–water partition coefficient (Wildman–Crippen LogP) is 0.846. The third-order valence-corrected chi connectivity index (χ3v) is 2.22. The fraction of sp³-hybridized carbons (Fsp3) is 0.909. The van der Waals surface area contributed by atoms with Gasteiger partial charge < -0.3 is 9.64 Å². The van der Waals surface area contributed by atoms with Crippen molar-refractivity contribution in [3.8, 4) is 6.07 Å². The van der Waals surface area contributed by atoms with E-state index in [0.717, 1.165) is 26.3 Å². The minimum atomic E-state index is -0.463. The van der Waals surface area contributed by atoms with Crippen LogP contribution in [0.25, 0.3) is 0 Å². The second-order valence-electron chi connectivity index (χ2n) is 3.91. The molecule has 0 amide bonds. The maximum Gasteiger partial charge on any atom is 0.116 e. The average molecular weight is 213 g/mol. The highest BCUT2D eigenvalue weighted by molar-refractivity contribution is 5.05. The number of nitriles is 1. The lowest BCUT2D eigenvalue weighted by Crippen LogP contribution is -2.49. The summed E-state index contributed by atoms with van der Waals surface area (Å²) in [5.41, 5.74) is -0.463. The SMILES string of the molecule is CCNC(C)(C#N)CN(C)CCOCC. The van der Waals surface area contributed by atoms with Crippen LogP contribution in [-0.4, -0.2) is 50.3 Å².